The molecule has 1 aromatic heterocycles. The van der Waals surface area contributed by atoms with Gasteiger partial charge in [0.2, 0.25) is 0 Å². The molecule has 0 radical (unpaired) electrons. The number of aryl methyl sites for hydroxylation is 4. The van der Waals surface area contributed by atoms with E-state index in [1.807, 2.05) is 52.0 Å². The van der Waals surface area contributed by atoms with Crippen molar-refractivity contribution in [2.45, 2.75) is 67.2 Å². The number of carbonyl (C=O) groups is 2. The summed E-state index contributed by atoms with van der Waals surface area (Å²) in [5.41, 5.74) is 4.72. The summed E-state index contributed by atoms with van der Waals surface area (Å²) in [6.45, 7) is 16.3. The Bertz CT molecular complexity index is 1320. The zero-order valence-electron chi connectivity index (χ0n) is 23.1. The number of rotatable bonds is 9. The highest BCUT2D eigenvalue weighted by molar-refractivity contribution is 7.10. The number of phenolic OH excluding ortho intramolecular Hbond substituents is 2. The van der Waals surface area contributed by atoms with Gasteiger partial charge in [-0.3, -0.25) is 4.79 Å². The van der Waals surface area contributed by atoms with Gasteiger partial charge in [-0.2, -0.15) is 0 Å². The van der Waals surface area contributed by atoms with E-state index < -0.39 is 23.8 Å². The van der Waals surface area contributed by atoms with Crippen molar-refractivity contribution in [2.75, 3.05) is 0 Å². The lowest BCUT2D eigenvalue weighted by Gasteiger charge is -2.24. The molecule has 0 saturated heterocycles. The van der Waals surface area contributed by atoms with Crippen molar-refractivity contribution in [1.29, 1.82) is 0 Å². The summed E-state index contributed by atoms with van der Waals surface area (Å²) in [6, 6.07) is 7.68. The molecule has 7 heteroatoms. The van der Waals surface area contributed by atoms with Gasteiger partial charge in [-0.15, -0.1) is 11.3 Å². The lowest BCUT2D eigenvalue weighted by molar-refractivity contribution is -0.138. The van der Waals surface area contributed by atoms with E-state index in [1.54, 1.807) is 19.2 Å². The van der Waals surface area contributed by atoms with Gasteiger partial charge in [0.05, 0.1) is 16.7 Å². The Labute approximate surface area is 228 Å². The highest BCUT2D eigenvalue weighted by Gasteiger charge is 2.33. The summed E-state index contributed by atoms with van der Waals surface area (Å²) >= 11 is 1.23. The second-order valence-electron chi connectivity index (χ2n) is 9.88. The van der Waals surface area contributed by atoms with Crippen molar-refractivity contribution in [3.05, 3.63) is 80.1 Å². The van der Waals surface area contributed by atoms with Crippen LogP contribution < -0.4 is 9.47 Å². The molecular formula is C31H36O6S. The summed E-state index contributed by atoms with van der Waals surface area (Å²) < 4.78 is 11.4. The van der Waals surface area contributed by atoms with Crippen molar-refractivity contribution >= 4 is 23.3 Å². The molecule has 6 nitrogen and oxygen atoms in total. The van der Waals surface area contributed by atoms with E-state index >= 15 is 0 Å². The molecule has 1 heterocycles. The molecule has 3 rings (SSSR count). The Kier molecular flexibility index (Phi) is 9.05. The molecule has 3 aromatic rings. The monoisotopic (exact) mass is 536 g/mol. The van der Waals surface area contributed by atoms with E-state index in [-0.39, 0.29) is 28.6 Å². The average molecular weight is 537 g/mol. The first-order valence-electron chi connectivity index (χ1n) is 12.7. The fraction of sp³-hybridized carbons (Fsp3) is 0.355. The third-order valence-corrected chi connectivity index (χ3v) is 7.45. The SMILES string of the molecule is C=C(C)C(=O)Oc1csc(C(c2cc(CC)cc(C)c2O)c2cc(CC)cc(C)c2O)c1OC(=O)C(C)C. The maximum absolute atomic E-state index is 12.8. The molecule has 2 aromatic carbocycles. The summed E-state index contributed by atoms with van der Waals surface area (Å²) in [5, 5.41) is 24.2. The van der Waals surface area contributed by atoms with Crippen molar-refractivity contribution < 1.29 is 29.3 Å². The van der Waals surface area contributed by atoms with E-state index in [9.17, 15) is 19.8 Å². The second kappa shape index (κ2) is 11.9. The number of esters is 2. The van der Waals surface area contributed by atoms with Gasteiger partial charge < -0.3 is 19.7 Å². The van der Waals surface area contributed by atoms with Crippen molar-refractivity contribution in [2.24, 2.45) is 5.92 Å². The average Bonchev–Trinajstić information content (AvgIpc) is 3.25. The van der Waals surface area contributed by atoms with Crippen LogP contribution in [0.4, 0.5) is 0 Å². The molecular weight excluding hydrogens is 500 g/mol. The van der Waals surface area contributed by atoms with E-state index in [1.165, 1.54) is 18.3 Å². The summed E-state index contributed by atoms with van der Waals surface area (Å²) in [4.78, 5) is 25.8. The van der Waals surface area contributed by atoms with Crippen LogP contribution in [-0.4, -0.2) is 22.2 Å². The first kappa shape index (κ1) is 29.0. The van der Waals surface area contributed by atoms with Gasteiger partial charge in [0.25, 0.3) is 0 Å². The van der Waals surface area contributed by atoms with Gasteiger partial charge in [0.1, 0.15) is 11.5 Å². The number of benzene rings is 2. The minimum Gasteiger partial charge on any atom is -0.507 e. The molecule has 0 bridgehead atoms. The van der Waals surface area contributed by atoms with Crippen molar-refractivity contribution in [3.8, 4) is 23.0 Å². The topological polar surface area (TPSA) is 93.1 Å². The molecule has 0 unspecified atom stereocenters. The van der Waals surface area contributed by atoms with Crippen molar-refractivity contribution in [1.82, 2.24) is 0 Å². The fourth-order valence-corrected chi connectivity index (χ4v) is 5.22. The predicted octanol–water partition coefficient (Wildman–Crippen LogP) is 7.12. The predicted molar refractivity (Wildman–Crippen MR) is 151 cm³/mol. The number of hydrogen-bond acceptors (Lipinski definition) is 7. The van der Waals surface area contributed by atoms with Gasteiger partial charge in [0, 0.05) is 22.1 Å². The molecule has 202 valence electrons. The molecule has 0 fully saturated rings. The largest absolute Gasteiger partial charge is 0.507 e. The van der Waals surface area contributed by atoms with E-state index in [0.717, 1.165) is 24.0 Å². The Morgan fingerprint density at radius 2 is 1.42 bits per heavy atom. The second-order valence-corrected chi connectivity index (χ2v) is 10.8. The van der Waals surface area contributed by atoms with Crippen LogP contribution in [0, 0.1) is 19.8 Å². The zero-order valence-corrected chi connectivity index (χ0v) is 23.9. The highest BCUT2D eigenvalue weighted by Crippen LogP contribution is 2.51. The Balaban J connectivity index is 2.41. The third-order valence-electron chi connectivity index (χ3n) is 6.45. The maximum atomic E-state index is 12.8. The zero-order chi connectivity index (χ0) is 28.3. The van der Waals surface area contributed by atoms with Crippen LogP contribution >= 0.6 is 11.3 Å². The fourth-order valence-electron chi connectivity index (χ4n) is 4.19. The number of thiophene rings is 1. The number of aromatic hydroxyl groups is 2. The van der Waals surface area contributed by atoms with Gasteiger partial charge >= 0.3 is 11.9 Å². The van der Waals surface area contributed by atoms with E-state index in [0.29, 0.717) is 27.1 Å². The Hall–Kier alpha value is -3.58. The van der Waals surface area contributed by atoms with Crippen LogP contribution in [0.5, 0.6) is 23.0 Å². The first-order chi connectivity index (χ1) is 17.9. The van der Waals surface area contributed by atoms with Gasteiger partial charge in [-0.05, 0) is 55.9 Å². The normalized spacial score (nSPS) is 11.2. The molecule has 0 atom stereocenters. The molecule has 0 amide bonds. The molecule has 0 aliphatic rings. The molecule has 2 N–H and O–H groups in total. The molecule has 0 aliphatic heterocycles. The third kappa shape index (κ3) is 5.94. The van der Waals surface area contributed by atoms with Gasteiger partial charge in [-0.1, -0.05) is 58.5 Å². The summed E-state index contributed by atoms with van der Waals surface area (Å²) in [6.07, 6.45) is 1.48. The summed E-state index contributed by atoms with van der Waals surface area (Å²) in [7, 11) is 0. The minimum absolute atomic E-state index is 0.0844. The maximum Gasteiger partial charge on any atom is 0.338 e. The molecule has 0 saturated carbocycles. The van der Waals surface area contributed by atoms with Crippen molar-refractivity contribution in [3.63, 3.8) is 0 Å². The van der Waals surface area contributed by atoms with E-state index in [2.05, 4.69) is 6.58 Å². The van der Waals surface area contributed by atoms with Crippen LogP contribution in [0.1, 0.15) is 78.8 Å². The van der Waals surface area contributed by atoms with Crippen LogP contribution in [0.3, 0.4) is 0 Å². The Morgan fingerprint density at radius 3 is 1.84 bits per heavy atom. The summed E-state index contributed by atoms with van der Waals surface area (Å²) in [5.74, 6) is -1.95. The standard InChI is InChI=1S/C31H36O6S/c1-9-20-11-18(7)26(32)22(13-20)25(23-14-21(10-2)12-19(8)27(23)33)29-28(37-31(35)17(5)6)24(15-38-29)36-30(34)16(3)4/h11-15,17,25,32-33H,3,9-10H2,1-2,4-8H3. The quantitative estimate of drug-likeness (QED) is 0.223. The van der Waals surface area contributed by atoms with Crippen LogP contribution in [-0.2, 0) is 22.4 Å². The molecule has 0 spiro atoms. The highest BCUT2D eigenvalue weighted by atomic mass is 32.1. The van der Waals surface area contributed by atoms with Crippen LogP contribution in [0.15, 0.2) is 41.8 Å². The van der Waals surface area contributed by atoms with Crippen LogP contribution in [0.2, 0.25) is 0 Å². The molecule has 38 heavy (non-hydrogen) atoms. The number of hydrogen-bond donors (Lipinski definition) is 2. The number of ether oxygens (including phenoxy) is 2. The van der Waals surface area contributed by atoms with E-state index in [4.69, 9.17) is 9.47 Å². The molecule has 0 aliphatic carbocycles. The van der Waals surface area contributed by atoms with Gasteiger partial charge in [0.15, 0.2) is 11.5 Å². The van der Waals surface area contributed by atoms with Gasteiger partial charge in [-0.25, -0.2) is 4.79 Å². The first-order valence-corrected chi connectivity index (χ1v) is 13.6. The lowest BCUT2D eigenvalue weighted by atomic mass is 9.84. The number of phenols is 2. The smallest absolute Gasteiger partial charge is 0.338 e. The number of carbonyl (C=O) groups excluding carboxylic acids is 2. The minimum atomic E-state index is -0.706. The Morgan fingerprint density at radius 1 is 0.921 bits per heavy atom. The van der Waals surface area contributed by atoms with Crippen LogP contribution in [0.25, 0.3) is 0 Å². The lowest BCUT2D eigenvalue weighted by Crippen LogP contribution is -2.17.